The van der Waals surface area contributed by atoms with E-state index in [1.54, 1.807) is 6.20 Å². The molecule has 1 aromatic heterocycles. The van der Waals surface area contributed by atoms with Crippen molar-refractivity contribution in [2.24, 2.45) is 5.16 Å². The minimum Gasteiger partial charge on any atom is -0.504 e. The molecule has 0 aromatic carbocycles. The summed E-state index contributed by atoms with van der Waals surface area (Å²) in [6.45, 7) is 2.45. The van der Waals surface area contributed by atoms with Gasteiger partial charge in [-0.05, 0) is 31.6 Å². The Bertz CT molecular complexity index is 1760. The van der Waals surface area contributed by atoms with E-state index in [2.05, 4.69) is 20.6 Å². The molecule has 3 aliphatic heterocycles. The van der Waals surface area contributed by atoms with Crippen molar-refractivity contribution in [2.75, 3.05) is 11.5 Å². The molecule has 1 aliphatic carbocycles. The smallest absolute Gasteiger partial charge is 0.352 e. The van der Waals surface area contributed by atoms with Gasteiger partial charge in [-0.2, -0.15) is 5.10 Å². The van der Waals surface area contributed by atoms with Crippen molar-refractivity contribution in [3.05, 3.63) is 57.1 Å². The van der Waals surface area contributed by atoms with Crippen LogP contribution in [0.25, 0.3) is 11.1 Å². The van der Waals surface area contributed by atoms with Gasteiger partial charge >= 0.3 is 11.9 Å². The fraction of sp³-hybridized carbons (Fsp3) is 0.280. The van der Waals surface area contributed by atoms with Crippen molar-refractivity contribution in [2.45, 2.75) is 37.4 Å². The van der Waals surface area contributed by atoms with Crippen LogP contribution in [-0.2, 0) is 30.6 Å². The number of hydrogen-bond donors (Lipinski definition) is 5. The lowest BCUT2D eigenvalue weighted by molar-refractivity contribution is -0.161. The number of carbonyl (C=O) groups excluding carboxylic acids is 2. The Morgan fingerprint density at radius 1 is 1.23 bits per heavy atom. The molecule has 2 amide bonds. The van der Waals surface area contributed by atoms with E-state index in [1.807, 2.05) is 0 Å². The first kappa shape index (κ1) is 29.5. The summed E-state index contributed by atoms with van der Waals surface area (Å²) in [6.07, 6.45) is 2.95. The molecule has 4 aliphatic rings. The highest BCUT2D eigenvalue weighted by Crippen LogP contribution is 2.41. The molecule has 6 N–H and O–H groups in total. The average Bonchev–Trinajstić information content (AvgIpc) is 3.37. The first-order chi connectivity index (χ1) is 20.3. The van der Waals surface area contributed by atoms with Crippen molar-refractivity contribution in [1.82, 2.24) is 25.0 Å². The SMILES string of the molecule is CC(C)(O/N=C(\C(=O)NC1C(=O)N2C(C(=O)O)=C(Cn3cc4cc(O)c(=O)cc-4cn3)CS[C@H]12)c1csc(N)n1)C(=O)O. The number of rotatable bonds is 9. The molecule has 1 fully saturated rings. The van der Waals surface area contributed by atoms with Crippen LogP contribution in [0.2, 0.25) is 0 Å². The average molecular weight is 630 g/mol. The number of aliphatic carboxylic acids is 2. The van der Waals surface area contributed by atoms with Gasteiger partial charge < -0.3 is 31.2 Å². The number of thiazole rings is 1. The van der Waals surface area contributed by atoms with Gasteiger partial charge in [-0.3, -0.25) is 24.0 Å². The van der Waals surface area contributed by atoms with E-state index in [0.29, 0.717) is 16.7 Å². The van der Waals surface area contributed by atoms with E-state index in [-0.39, 0.29) is 28.8 Å². The number of carboxylic acids is 2. The molecule has 224 valence electrons. The summed E-state index contributed by atoms with van der Waals surface area (Å²) < 4.78 is 1.43. The maximum atomic E-state index is 13.2. The first-order valence-electron chi connectivity index (χ1n) is 12.4. The van der Waals surface area contributed by atoms with Crippen LogP contribution < -0.4 is 16.5 Å². The van der Waals surface area contributed by atoms with Crippen LogP contribution in [0.5, 0.6) is 5.75 Å². The first-order valence-corrected chi connectivity index (χ1v) is 14.3. The second kappa shape index (κ2) is 11.0. The standard InChI is InChI=1S/C25H23N7O9S2/c1-25(2,23(39)40)41-30-16(13-9-43-24(26)28-13)19(35)29-17-20(36)32-18(22(37)38)12(8-42-21(17)32)7-31-6-11-4-15(34)14(33)3-10(11)5-27-31/h3-6,9,17,21,34H,7-8H2,1-2H3,(H2,26,28)(H,29,35)(H,37,38)(H,39,40)/b30-16-/t17?,21-/m1/s1. The summed E-state index contributed by atoms with van der Waals surface area (Å²) in [5.74, 6) is -4.54. The van der Waals surface area contributed by atoms with E-state index in [1.165, 1.54) is 54.0 Å². The van der Waals surface area contributed by atoms with Crippen molar-refractivity contribution in [3.8, 4) is 16.9 Å². The highest BCUT2D eigenvalue weighted by Gasteiger charge is 2.54. The molecule has 0 saturated carbocycles. The predicted octanol–water partition coefficient (Wildman–Crippen LogP) is 0.115. The molecule has 1 aromatic rings. The Kier molecular flexibility index (Phi) is 7.57. The van der Waals surface area contributed by atoms with Crippen LogP contribution in [0.15, 0.2) is 51.1 Å². The number of fused-ring (bicyclic) bond motifs is 2. The van der Waals surface area contributed by atoms with Crippen molar-refractivity contribution >= 4 is 57.7 Å². The number of nitrogen functional groups attached to an aromatic ring is 1. The minimum absolute atomic E-state index is 0.00323. The third-order valence-electron chi connectivity index (χ3n) is 6.55. The molecule has 0 radical (unpaired) electrons. The molecule has 16 nitrogen and oxygen atoms in total. The molecule has 4 heterocycles. The number of carbonyl (C=O) groups is 4. The summed E-state index contributed by atoms with van der Waals surface area (Å²) in [6, 6.07) is 1.39. The van der Waals surface area contributed by atoms with Crippen LogP contribution in [-0.4, -0.2) is 87.2 Å². The number of oxime groups is 1. The normalized spacial score (nSPS) is 18.7. The zero-order valence-corrected chi connectivity index (χ0v) is 24.0. The second-order valence-electron chi connectivity index (χ2n) is 9.96. The number of thioether (sulfide) groups is 1. The number of phenolic OH excluding ortho intramolecular Hbond substituents is 1. The Morgan fingerprint density at radius 3 is 2.63 bits per heavy atom. The molecule has 0 spiro atoms. The fourth-order valence-electron chi connectivity index (χ4n) is 4.25. The maximum absolute atomic E-state index is 13.2. The van der Waals surface area contributed by atoms with E-state index in [0.717, 1.165) is 16.2 Å². The number of β-lactam (4-membered cyclic amide) rings is 1. The Balaban J connectivity index is 1.37. The molecule has 1 unspecified atom stereocenters. The Morgan fingerprint density at radius 2 is 1.98 bits per heavy atom. The Hall–Kier alpha value is -4.97. The second-order valence-corrected chi connectivity index (χ2v) is 12.0. The van der Waals surface area contributed by atoms with Crippen molar-refractivity contribution < 1.29 is 39.3 Å². The number of benzene rings is 1. The largest absolute Gasteiger partial charge is 0.504 e. The molecule has 18 heteroatoms. The van der Waals surface area contributed by atoms with Crippen molar-refractivity contribution in [3.63, 3.8) is 0 Å². The number of phenols is 1. The van der Waals surface area contributed by atoms with Gasteiger partial charge in [0, 0.05) is 28.5 Å². The lowest BCUT2D eigenvalue weighted by atomic mass is 10.0. The van der Waals surface area contributed by atoms with Crippen LogP contribution in [0.1, 0.15) is 19.5 Å². The maximum Gasteiger partial charge on any atom is 0.352 e. The lowest BCUT2D eigenvalue weighted by Gasteiger charge is -2.49. The fourth-order valence-corrected chi connectivity index (χ4v) is 6.13. The third kappa shape index (κ3) is 5.61. The van der Waals surface area contributed by atoms with Crippen LogP contribution in [0, 0.1) is 0 Å². The molecule has 1 saturated heterocycles. The number of carboxylic acid groups (broad SMARTS) is 2. The molecule has 43 heavy (non-hydrogen) atoms. The van der Waals surface area contributed by atoms with Gasteiger partial charge in [-0.25, -0.2) is 14.6 Å². The van der Waals surface area contributed by atoms with Gasteiger partial charge in [0.15, 0.2) is 16.6 Å². The van der Waals surface area contributed by atoms with Crippen LogP contribution in [0.3, 0.4) is 0 Å². The van der Waals surface area contributed by atoms with Crippen LogP contribution in [0.4, 0.5) is 5.13 Å². The van der Waals surface area contributed by atoms with Gasteiger partial charge in [-0.1, -0.05) is 5.16 Å². The number of aromatic nitrogens is 3. The van der Waals surface area contributed by atoms with E-state index < -0.39 is 57.7 Å². The molecular formula is C25H23N7O9S2. The Labute approximate surface area is 249 Å². The quantitative estimate of drug-likeness (QED) is 0.120. The third-order valence-corrected chi connectivity index (χ3v) is 8.56. The van der Waals surface area contributed by atoms with Gasteiger partial charge in [0.05, 0.1) is 12.7 Å². The number of nitrogens with zero attached hydrogens (tertiary/aromatic N) is 5. The molecule has 2 atom stereocenters. The topological polar surface area (TPSA) is 240 Å². The summed E-state index contributed by atoms with van der Waals surface area (Å²) in [7, 11) is 0. The van der Waals surface area contributed by atoms with E-state index in [4.69, 9.17) is 10.6 Å². The zero-order chi connectivity index (χ0) is 31.2. The predicted molar refractivity (Wildman–Crippen MR) is 152 cm³/mol. The molecule has 5 rings (SSSR count). The molecule has 0 bridgehead atoms. The van der Waals surface area contributed by atoms with Crippen LogP contribution >= 0.6 is 23.1 Å². The number of amides is 2. The van der Waals surface area contributed by atoms with E-state index >= 15 is 0 Å². The van der Waals surface area contributed by atoms with Gasteiger partial charge in [-0.15, -0.1) is 23.1 Å². The summed E-state index contributed by atoms with van der Waals surface area (Å²) in [5.41, 5.74) is 4.02. The van der Waals surface area contributed by atoms with Gasteiger partial charge in [0.2, 0.25) is 11.0 Å². The highest BCUT2D eigenvalue weighted by atomic mass is 32.2. The highest BCUT2D eigenvalue weighted by molar-refractivity contribution is 8.00. The lowest BCUT2D eigenvalue weighted by Crippen LogP contribution is -2.71. The number of anilines is 1. The van der Waals surface area contributed by atoms with Gasteiger partial charge in [0.1, 0.15) is 22.8 Å². The van der Waals surface area contributed by atoms with Gasteiger partial charge in [0.25, 0.3) is 11.8 Å². The zero-order valence-electron chi connectivity index (χ0n) is 22.4. The van der Waals surface area contributed by atoms with E-state index in [9.17, 15) is 39.3 Å². The number of nitrogens with two attached hydrogens (primary N) is 1. The molecular weight excluding hydrogens is 606 g/mol. The summed E-state index contributed by atoms with van der Waals surface area (Å²) in [4.78, 5) is 72.0. The monoisotopic (exact) mass is 629 g/mol. The summed E-state index contributed by atoms with van der Waals surface area (Å²) >= 11 is 2.22. The summed E-state index contributed by atoms with van der Waals surface area (Å²) in [5, 5.41) is 40.3. The minimum atomic E-state index is -1.79. The number of aromatic hydroxyl groups is 1. The number of hydrogen-bond acceptors (Lipinski definition) is 13. The van der Waals surface area contributed by atoms with Crippen molar-refractivity contribution in [1.29, 1.82) is 0 Å². The number of nitrogens with one attached hydrogen (secondary N) is 1.